The molecule has 1 aromatic carbocycles. The number of rotatable bonds is 3. The second-order valence-electron chi connectivity index (χ2n) is 5.93. The van der Waals surface area contributed by atoms with Crippen molar-refractivity contribution in [3.63, 3.8) is 0 Å². The normalized spacial score (nSPS) is 24.9. The maximum atomic E-state index is 11.7. The van der Waals surface area contributed by atoms with Crippen molar-refractivity contribution in [2.75, 3.05) is 5.73 Å². The molecule has 3 nitrogen and oxygen atoms in total. The second-order valence-corrected chi connectivity index (χ2v) is 5.93. The number of hydrogen-bond acceptors (Lipinski definition) is 2. The molecule has 1 aliphatic rings. The van der Waals surface area contributed by atoms with Gasteiger partial charge in [-0.15, -0.1) is 0 Å². The van der Waals surface area contributed by atoms with Crippen LogP contribution in [0.25, 0.3) is 0 Å². The number of aliphatic carboxylic acids is 1. The molecule has 0 bridgehead atoms. The zero-order chi connectivity index (χ0) is 14.0. The van der Waals surface area contributed by atoms with Crippen molar-refractivity contribution in [1.82, 2.24) is 0 Å². The Morgan fingerprint density at radius 1 is 1.42 bits per heavy atom. The van der Waals surface area contributed by atoms with Gasteiger partial charge in [-0.25, -0.2) is 0 Å². The smallest absolute Gasteiger partial charge is 0.311 e. The molecule has 0 aliphatic heterocycles. The standard InChI is InChI=1S/C16H23NO2/c1-10-5-3-7-12(9-10)14(16(18)19)13-8-4-6-11(2)15(13)17/h4,6,8,10,12,14H,3,5,7,9,17H2,1-2H3,(H,18,19). The number of benzene rings is 1. The van der Waals surface area contributed by atoms with Crippen LogP contribution in [0.3, 0.4) is 0 Å². The molecule has 2 rings (SSSR count). The summed E-state index contributed by atoms with van der Waals surface area (Å²) in [5.41, 5.74) is 8.51. The molecule has 0 saturated heterocycles. The van der Waals surface area contributed by atoms with Gasteiger partial charge in [0.15, 0.2) is 0 Å². The first-order chi connectivity index (χ1) is 9.00. The lowest BCUT2D eigenvalue weighted by Gasteiger charge is -2.32. The minimum Gasteiger partial charge on any atom is -0.481 e. The van der Waals surface area contributed by atoms with Crippen LogP contribution >= 0.6 is 0 Å². The van der Waals surface area contributed by atoms with E-state index in [1.807, 2.05) is 25.1 Å². The molecule has 0 heterocycles. The van der Waals surface area contributed by atoms with Gasteiger partial charge < -0.3 is 10.8 Å². The Morgan fingerprint density at radius 3 is 2.79 bits per heavy atom. The molecule has 104 valence electrons. The average Bonchev–Trinajstić information content (AvgIpc) is 2.34. The molecule has 1 saturated carbocycles. The molecule has 0 spiro atoms. The summed E-state index contributed by atoms with van der Waals surface area (Å²) >= 11 is 0. The third kappa shape index (κ3) is 2.91. The average molecular weight is 261 g/mol. The molecule has 3 atom stereocenters. The fraction of sp³-hybridized carbons (Fsp3) is 0.562. The lowest BCUT2D eigenvalue weighted by Crippen LogP contribution is -2.27. The molecule has 0 aromatic heterocycles. The van der Waals surface area contributed by atoms with Gasteiger partial charge in [-0.2, -0.15) is 0 Å². The quantitative estimate of drug-likeness (QED) is 0.817. The van der Waals surface area contributed by atoms with Crippen LogP contribution in [-0.4, -0.2) is 11.1 Å². The Hall–Kier alpha value is -1.51. The maximum absolute atomic E-state index is 11.7. The Bertz CT molecular complexity index is 470. The summed E-state index contributed by atoms with van der Waals surface area (Å²) in [7, 11) is 0. The Kier molecular flexibility index (Phi) is 4.13. The van der Waals surface area contributed by atoms with Crippen molar-refractivity contribution in [2.45, 2.75) is 45.4 Å². The van der Waals surface area contributed by atoms with Gasteiger partial charge in [0.25, 0.3) is 0 Å². The highest BCUT2D eigenvalue weighted by Crippen LogP contribution is 2.40. The van der Waals surface area contributed by atoms with E-state index in [4.69, 9.17) is 5.73 Å². The lowest BCUT2D eigenvalue weighted by atomic mass is 9.73. The van der Waals surface area contributed by atoms with Crippen LogP contribution in [0.1, 0.15) is 49.7 Å². The highest BCUT2D eigenvalue weighted by Gasteiger charge is 2.34. The molecule has 3 heteroatoms. The van der Waals surface area contributed by atoms with E-state index in [9.17, 15) is 9.90 Å². The number of nitrogen functional groups attached to an aromatic ring is 1. The predicted molar refractivity (Wildman–Crippen MR) is 77.1 cm³/mol. The number of hydrogen-bond donors (Lipinski definition) is 2. The minimum absolute atomic E-state index is 0.213. The fourth-order valence-corrected chi connectivity index (χ4v) is 3.35. The van der Waals surface area contributed by atoms with Crippen LogP contribution in [0.2, 0.25) is 0 Å². The van der Waals surface area contributed by atoms with Crippen molar-refractivity contribution in [1.29, 1.82) is 0 Å². The van der Waals surface area contributed by atoms with Gasteiger partial charge in [0.2, 0.25) is 0 Å². The summed E-state index contributed by atoms with van der Waals surface area (Å²) in [4.78, 5) is 11.7. The molecule has 3 N–H and O–H groups in total. The van der Waals surface area contributed by atoms with Crippen LogP contribution in [-0.2, 0) is 4.79 Å². The van der Waals surface area contributed by atoms with E-state index >= 15 is 0 Å². The van der Waals surface area contributed by atoms with Crippen LogP contribution in [0.15, 0.2) is 18.2 Å². The number of anilines is 1. The number of aryl methyl sites for hydroxylation is 1. The predicted octanol–water partition coefficient (Wildman–Crippen LogP) is 3.57. The summed E-state index contributed by atoms with van der Waals surface area (Å²) in [6.07, 6.45) is 4.33. The van der Waals surface area contributed by atoms with Crippen LogP contribution < -0.4 is 5.73 Å². The SMILES string of the molecule is Cc1cccc(C(C(=O)O)C2CCCC(C)C2)c1N. The van der Waals surface area contributed by atoms with E-state index < -0.39 is 11.9 Å². The zero-order valence-corrected chi connectivity index (χ0v) is 11.7. The minimum atomic E-state index is -0.739. The first-order valence-electron chi connectivity index (χ1n) is 7.08. The number of nitrogens with two attached hydrogens (primary N) is 1. The zero-order valence-electron chi connectivity index (χ0n) is 11.7. The number of carbonyl (C=O) groups is 1. The Morgan fingerprint density at radius 2 is 2.16 bits per heavy atom. The molecule has 1 aliphatic carbocycles. The Balaban J connectivity index is 2.34. The molecule has 1 fully saturated rings. The lowest BCUT2D eigenvalue weighted by molar-refractivity contribution is -0.140. The number of carboxylic acids is 1. The fourth-order valence-electron chi connectivity index (χ4n) is 3.35. The maximum Gasteiger partial charge on any atom is 0.311 e. The van der Waals surface area contributed by atoms with E-state index in [0.717, 1.165) is 30.4 Å². The van der Waals surface area contributed by atoms with Crippen molar-refractivity contribution in [3.05, 3.63) is 29.3 Å². The van der Waals surface area contributed by atoms with Gasteiger partial charge in [-0.3, -0.25) is 4.79 Å². The van der Waals surface area contributed by atoms with Crippen LogP contribution in [0.5, 0.6) is 0 Å². The van der Waals surface area contributed by atoms with Gasteiger partial charge in [0.05, 0.1) is 5.92 Å². The topological polar surface area (TPSA) is 63.3 Å². The van der Waals surface area contributed by atoms with Crippen molar-refractivity contribution >= 4 is 11.7 Å². The molecular formula is C16H23NO2. The highest BCUT2D eigenvalue weighted by atomic mass is 16.4. The van der Waals surface area contributed by atoms with Gasteiger partial charge in [-0.1, -0.05) is 38.0 Å². The molecular weight excluding hydrogens is 238 g/mol. The molecule has 0 amide bonds. The van der Waals surface area contributed by atoms with E-state index in [1.54, 1.807) is 0 Å². The Labute approximate surface area is 114 Å². The van der Waals surface area contributed by atoms with Gasteiger partial charge >= 0.3 is 5.97 Å². The second kappa shape index (κ2) is 5.64. The summed E-state index contributed by atoms with van der Waals surface area (Å²) in [6.45, 7) is 4.14. The molecule has 1 aromatic rings. The summed E-state index contributed by atoms with van der Waals surface area (Å²) in [6, 6.07) is 5.71. The number of carboxylic acid groups (broad SMARTS) is 1. The van der Waals surface area contributed by atoms with Gasteiger partial charge in [0.1, 0.15) is 0 Å². The van der Waals surface area contributed by atoms with Gasteiger partial charge in [-0.05, 0) is 42.7 Å². The monoisotopic (exact) mass is 261 g/mol. The van der Waals surface area contributed by atoms with Crippen molar-refractivity contribution < 1.29 is 9.90 Å². The van der Waals surface area contributed by atoms with E-state index in [1.165, 1.54) is 6.42 Å². The van der Waals surface area contributed by atoms with Crippen molar-refractivity contribution in [2.24, 2.45) is 11.8 Å². The van der Waals surface area contributed by atoms with E-state index in [-0.39, 0.29) is 5.92 Å². The summed E-state index contributed by atoms with van der Waals surface area (Å²) in [5.74, 6) is -0.365. The van der Waals surface area contributed by atoms with Crippen LogP contribution in [0.4, 0.5) is 5.69 Å². The first kappa shape index (κ1) is 13.9. The largest absolute Gasteiger partial charge is 0.481 e. The molecule has 3 unspecified atom stereocenters. The van der Waals surface area contributed by atoms with E-state index in [2.05, 4.69) is 6.92 Å². The first-order valence-corrected chi connectivity index (χ1v) is 7.08. The third-order valence-electron chi connectivity index (χ3n) is 4.41. The summed E-state index contributed by atoms with van der Waals surface area (Å²) < 4.78 is 0. The molecule has 0 radical (unpaired) electrons. The van der Waals surface area contributed by atoms with Gasteiger partial charge in [0, 0.05) is 5.69 Å². The van der Waals surface area contributed by atoms with E-state index in [0.29, 0.717) is 11.6 Å². The number of para-hydroxylation sites is 1. The summed E-state index contributed by atoms with van der Waals surface area (Å²) in [5, 5.41) is 9.62. The van der Waals surface area contributed by atoms with Crippen LogP contribution in [0, 0.1) is 18.8 Å². The third-order valence-corrected chi connectivity index (χ3v) is 4.41. The molecule has 19 heavy (non-hydrogen) atoms. The highest BCUT2D eigenvalue weighted by molar-refractivity contribution is 5.79. The van der Waals surface area contributed by atoms with Crippen molar-refractivity contribution in [3.8, 4) is 0 Å².